The fourth-order valence-corrected chi connectivity index (χ4v) is 2.74. The predicted octanol–water partition coefficient (Wildman–Crippen LogP) is 3.20. The quantitative estimate of drug-likeness (QED) is 0.197. The van der Waals surface area contributed by atoms with E-state index < -0.39 is 16.8 Å². The Morgan fingerprint density at radius 1 is 1.26 bits per heavy atom. The Balaban J connectivity index is 1.69. The minimum absolute atomic E-state index is 0.220. The van der Waals surface area contributed by atoms with Gasteiger partial charge in [0, 0.05) is 10.6 Å². The number of nitrogens with zero attached hydrogens (tertiary/aromatic N) is 4. The lowest BCUT2D eigenvalue weighted by atomic mass is 10.1. The molecule has 2 aromatic carbocycles. The molecule has 0 atom stereocenters. The van der Waals surface area contributed by atoms with Crippen LogP contribution in [0.1, 0.15) is 22.8 Å². The van der Waals surface area contributed by atoms with Gasteiger partial charge in [-0.05, 0) is 37.3 Å². The van der Waals surface area contributed by atoms with Crippen molar-refractivity contribution in [3.63, 3.8) is 0 Å². The molecule has 1 N–H and O–H groups in total. The molecule has 0 aliphatic heterocycles. The molecule has 0 spiro atoms. The Kier molecular flexibility index (Phi) is 6.73. The fraction of sp³-hybridized carbons (Fsp3) is 0.100. The van der Waals surface area contributed by atoms with Crippen LogP contribution in [0.2, 0.25) is 5.02 Å². The summed E-state index contributed by atoms with van der Waals surface area (Å²) in [6.45, 7) is 1.38. The van der Waals surface area contributed by atoms with E-state index in [1.54, 1.807) is 49.4 Å². The lowest BCUT2D eigenvalue weighted by Gasteiger charge is -2.10. The highest BCUT2D eigenvalue weighted by atomic mass is 35.5. The van der Waals surface area contributed by atoms with Crippen LogP contribution in [0, 0.1) is 10.1 Å². The molecule has 0 bridgehead atoms. The number of rotatable bonds is 7. The number of halogens is 1. The van der Waals surface area contributed by atoms with Crippen LogP contribution in [0.15, 0.2) is 66.0 Å². The number of amides is 1. The summed E-state index contributed by atoms with van der Waals surface area (Å²) in [5.41, 5.74) is 3.30. The number of benzene rings is 2. The van der Waals surface area contributed by atoms with Gasteiger partial charge in [-0.1, -0.05) is 29.8 Å². The van der Waals surface area contributed by atoms with E-state index in [0.717, 1.165) is 17.1 Å². The number of aromatic nitrogens is 2. The number of hydrogen-bond acceptors (Lipinski definition) is 7. The van der Waals surface area contributed by atoms with Crippen molar-refractivity contribution in [1.82, 2.24) is 15.2 Å². The number of carbonyl (C=O) groups is 2. The third-order valence-electron chi connectivity index (χ3n) is 4.02. The van der Waals surface area contributed by atoms with Gasteiger partial charge in [-0.2, -0.15) is 10.2 Å². The van der Waals surface area contributed by atoms with Crippen LogP contribution < -0.4 is 10.2 Å². The van der Waals surface area contributed by atoms with Crippen molar-refractivity contribution in [3.05, 3.63) is 87.2 Å². The second-order valence-electron chi connectivity index (χ2n) is 6.28. The Morgan fingerprint density at radius 3 is 2.74 bits per heavy atom. The molecule has 0 unspecified atom stereocenters. The van der Waals surface area contributed by atoms with E-state index in [1.165, 1.54) is 6.07 Å². The van der Waals surface area contributed by atoms with E-state index in [0.29, 0.717) is 21.9 Å². The number of esters is 1. The zero-order valence-electron chi connectivity index (χ0n) is 16.2. The average Bonchev–Trinajstić information content (AvgIpc) is 3.21. The van der Waals surface area contributed by atoms with Crippen molar-refractivity contribution in [1.29, 1.82) is 0 Å². The van der Waals surface area contributed by atoms with Crippen LogP contribution in [0.25, 0.3) is 0 Å². The molecule has 0 fully saturated rings. The van der Waals surface area contributed by atoms with Gasteiger partial charge in [0.25, 0.3) is 5.91 Å². The molecule has 158 valence electrons. The Morgan fingerprint density at radius 2 is 2.03 bits per heavy atom. The number of nitrogens with one attached hydrogen (secondary N) is 1. The number of hydrogen-bond donors (Lipinski definition) is 1. The van der Waals surface area contributed by atoms with Gasteiger partial charge in [-0.25, -0.2) is 10.2 Å². The molecule has 10 nitrogen and oxygen atoms in total. The molecular formula is C20H16ClN5O5. The van der Waals surface area contributed by atoms with Crippen LogP contribution in [-0.2, 0) is 11.3 Å². The normalized spacial score (nSPS) is 11.1. The van der Waals surface area contributed by atoms with E-state index in [4.69, 9.17) is 16.3 Å². The molecule has 0 aliphatic rings. The number of para-hydroxylation sites is 1. The summed E-state index contributed by atoms with van der Waals surface area (Å²) in [5, 5.41) is 18.8. The van der Waals surface area contributed by atoms with Crippen molar-refractivity contribution in [2.24, 2.45) is 5.10 Å². The molecule has 11 heteroatoms. The second-order valence-corrected chi connectivity index (χ2v) is 6.72. The van der Waals surface area contributed by atoms with Crippen LogP contribution >= 0.6 is 11.6 Å². The Hall–Kier alpha value is -4.05. The first kappa shape index (κ1) is 21.7. The van der Waals surface area contributed by atoms with E-state index in [-0.39, 0.29) is 18.0 Å². The Bertz CT molecular complexity index is 1170. The molecule has 0 radical (unpaired) electrons. The number of hydrazone groups is 1. The maximum absolute atomic E-state index is 12.4. The molecular weight excluding hydrogens is 426 g/mol. The number of carbonyl (C=O) groups excluding carboxylic acids is 2. The molecule has 31 heavy (non-hydrogen) atoms. The van der Waals surface area contributed by atoms with Gasteiger partial charge < -0.3 is 4.74 Å². The topological polar surface area (TPSA) is 129 Å². The summed E-state index contributed by atoms with van der Waals surface area (Å²) >= 11 is 5.91. The van der Waals surface area contributed by atoms with Gasteiger partial charge >= 0.3 is 11.7 Å². The summed E-state index contributed by atoms with van der Waals surface area (Å²) in [5.74, 6) is -0.872. The number of ether oxygens (including phenoxy) is 1. The molecule has 0 saturated heterocycles. The standard InChI is InChI=1S/C20H16ClN5O5/c1-13(23-24-19(27)12-25-11-16(10-22-25)26(29)30)17-7-2-3-8-18(17)31-20(28)14-5-4-6-15(21)9-14/h2-11H,12H2,1H3,(H,24,27)/b23-13+. The SMILES string of the molecule is C/C(=N\NC(=O)Cn1cc([N+](=O)[O-])cn1)c1ccccc1OC(=O)c1cccc(Cl)c1. The summed E-state index contributed by atoms with van der Waals surface area (Å²) in [6.07, 6.45) is 2.19. The second kappa shape index (κ2) is 9.63. The first-order chi connectivity index (χ1) is 14.8. The summed E-state index contributed by atoms with van der Waals surface area (Å²) in [7, 11) is 0. The van der Waals surface area contributed by atoms with Crippen molar-refractivity contribution >= 4 is 34.9 Å². The van der Waals surface area contributed by atoms with E-state index >= 15 is 0 Å². The first-order valence-electron chi connectivity index (χ1n) is 8.90. The zero-order chi connectivity index (χ0) is 22.4. The minimum Gasteiger partial charge on any atom is -0.422 e. The lowest BCUT2D eigenvalue weighted by Crippen LogP contribution is -2.24. The van der Waals surface area contributed by atoms with Gasteiger partial charge in [0.2, 0.25) is 0 Å². The van der Waals surface area contributed by atoms with Crippen LogP contribution in [-0.4, -0.2) is 32.3 Å². The van der Waals surface area contributed by atoms with E-state index in [1.807, 2.05) is 0 Å². The van der Waals surface area contributed by atoms with Crippen LogP contribution in [0.4, 0.5) is 5.69 Å². The van der Waals surface area contributed by atoms with Crippen molar-refractivity contribution in [2.45, 2.75) is 13.5 Å². The van der Waals surface area contributed by atoms with Crippen molar-refractivity contribution in [3.8, 4) is 5.75 Å². The van der Waals surface area contributed by atoms with Gasteiger partial charge in [0.15, 0.2) is 0 Å². The van der Waals surface area contributed by atoms with Crippen molar-refractivity contribution in [2.75, 3.05) is 0 Å². The van der Waals surface area contributed by atoms with E-state index in [2.05, 4.69) is 15.6 Å². The third-order valence-corrected chi connectivity index (χ3v) is 4.26. The van der Waals surface area contributed by atoms with E-state index in [9.17, 15) is 19.7 Å². The third kappa shape index (κ3) is 5.73. The highest BCUT2D eigenvalue weighted by molar-refractivity contribution is 6.30. The molecule has 3 aromatic rings. The van der Waals surface area contributed by atoms with Crippen molar-refractivity contribution < 1.29 is 19.2 Å². The fourth-order valence-electron chi connectivity index (χ4n) is 2.55. The summed E-state index contributed by atoms with van der Waals surface area (Å²) < 4.78 is 6.59. The highest BCUT2D eigenvalue weighted by Crippen LogP contribution is 2.21. The maximum atomic E-state index is 12.4. The summed E-state index contributed by atoms with van der Waals surface area (Å²) in [6, 6.07) is 13.1. The van der Waals surface area contributed by atoms with Gasteiger partial charge in [-0.3, -0.25) is 19.6 Å². The molecule has 0 saturated carbocycles. The monoisotopic (exact) mass is 441 g/mol. The average molecular weight is 442 g/mol. The van der Waals surface area contributed by atoms with Crippen LogP contribution in [0.5, 0.6) is 5.75 Å². The molecule has 0 aliphatic carbocycles. The maximum Gasteiger partial charge on any atom is 0.343 e. The zero-order valence-corrected chi connectivity index (χ0v) is 16.9. The van der Waals surface area contributed by atoms with Crippen LogP contribution in [0.3, 0.4) is 0 Å². The lowest BCUT2D eigenvalue weighted by molar-refractivity contribution is -0.385. The predicted molar refractivity (Wildman–Crippen MR) is 112 cm³/mol. The largest absolute Gasteiger partial charge is 0.422 e. The molecule has 1 amide bonds. The smallest absolute Gasteiger partial charge is 0.343 e. The first-order valence-corrected chi connectivity index (χ1v) is 9.28. The van der Waals surface area contributed by atoms with Gasteiger partial charge in [-0.15, -0.1) is 0 Å². The minimum atomic E-state index is -0.606. The molecule has 1 aromatic heterocycles. The highest BCUT2D eigenvalue weighted by Gasteiger charge is 2.14. The van der Waals surface area contributed by atoms with Gasteiger partial charge in [0.1, 0.15) is 24.7 Å². The summed E-state index contributed by atoms with van der Waals surface area (Å²) in [4.78, 5) is 34.5. The number of nitro groups is 1. The molecule has 1 heterocycles. The Labute approximate surface area is 181 Å². The molecule has 3 rings (SSSR count). The van der Waals surface area contributed by atoms with Gasteiger partial charge in [0.05, 0.1) is 16.2 Å².